The van der Waals surface area contributed by atoms with Gasteiger partial charge in [0.1, 0.15) is 5.36 Å². The number of H-pyrrole nitrogens is 1. The first-order chi connectivity index (χ1) is 16.1. The van der Waals surface area contributed by atoms with Gasteiger partial charge in [-0.3, -0.25) is 9.69 Å². The summed E-state index contributed by atoms with van der Waals surface area (Å²) >= 11 is 0. The number of guanidine groups is 2. The Labute approximate surface area is 187 Å². The number of hydrogen-bond donors (Lipinski definition) is 2. The van der Waals surface area contributed by atoms with Crippen LogP contribution in [0.4, 0.5) is 11.4 Å². The number of aromatic nitrogens is 1. The molecule has 4 heterocycles. The molecule has 3 aliphatic rings. The van der Waals surface area contributed by atoms with Crippen molar-refractivity contribution in [2.75, 3.05) is 10.2 Å². The predicted octanol–water partition coefficient (Wildman–Crippen LogP) is 2.77. The first-order valence-electron chi connectivity index (χ1n) is 10.6. The van der Waals surface area contributed by atoms with Gasteiger partial charge in [0.15, 0.2) is 5.49 Å². The lowest BCUT2D eigenvalue weighted by molar-refractivity contribution is -0.120. The molecule has 0 saturated heterocycles. The molecule has 0 saturated carbocycles. The van der Waals surface area contributed by atoms with E-state index in [4.69, 9.17) is 4.99 Å². The lowest BCUT2D eigenvalue weighted by atomic mass is 9.95. The zero-order valence-corrected chi connectivity index (χ0v) is 17.6. The van der Waals surface area contributed by atoms with Gasteiger partial charge in [-0.25, -0.2) is 9.98 Å². The fourth-order valence-electron chi connectivity index (χ4n) is 4.65. The van der Waals surface area contributed by atoms with Crippen LogP contribution >= 0.6 is 0 Å². The number of nitrogens with zero attached hydrogens (tertiary/aromatic N) is 5. The van der Waals surface area contributed by atoms with Gasteiger partial charge in [-0.2, -0.15) is 9.98 Å². The number of amides is 1. The molecule has 3 aliphatic heterocycles. The minimum Gasteiger partial charge on any atom is -0.338 e. The molecule has 1 amide bonds. The fraction of sp³-hybridized carbons (Fsp3) is 0.0800. The van der Waals surface area contributed by atoms with Crippen LogP contribution in [0.5, 0.6) is 0 Å². The monoisotopic (exact) mass is 431 g/mol. The topological polar surface area (TPSA) is 97.6 Å². The molecule has 8 heteroatoms. The van der Waals surface area contributed by atoms with E-state index in [0.717, 1.165) is 38.8 Å². The Morgan fingerprint density at radius 1 is 0.939 bits per heavy atom. The Morgan fingerprint density at radius 2 is 1.73 bits per heavy atom. The molecule has 33 heavy (non-hydrogen) atoms. The number of carbonyl (C=O) groups is 1. The molecule has 0 bridgehead atoms. The van der Waals surface area contributed by atoms with Crippen LogP contribution in [0.1, 0.15) is 11.1 Å². The third kappa shape index (κ3) is 2.37. The molecule has 2 N–H and O–H groups in total. The minimum atomic E-state index is -1.19. The second kappa shape index (κ2) is 6.23. The van der Waals surface area contributed by atoms with E-state index >= 15 is 0 Å². The van der Waals surface area contributed by atoms with Gasteiger partial charge in [0.05, 0.1) is 0 Å². The summed E-state index contributed by atoms with van der Waals surface area (Å²) in [6, 6.07) is 23.5. The van der Waals surface area contributed by atoms with E-state index in [2.05, 4.69) is 25.3 Å². The standard InChI is InChI=1S/C25H17N7O/c1-14-10-12-15(13-11-14)32-24(31-25(32)17-7-3-5-9-19(17)27-22(25)33)30-23-28-20-16-6-2-4-8-18(16)26-21(20)29-23/h2-13H,1H3,(H,27,33)(H,26,28,29,30,31). The van der Waals surface area contributed by atoms with E-state index < -0.39 is 5.66 Å². The van der Waals surface area contributed by atoms with Crippen LogP contribution in [-0.2, 0) is 10.5 Å². The highest BCUT2D eigenvalue weighted by molar-refractivity contribution is 6.21. The van der Waals surface area contributed by atoms with Gasteiger partial charge in [0.2, 0.25) is 11.6 Å². The molecular formula is C25H17N7O. The maximum absolute atomic E-state index is 13.2. The SMILES string of the molecule is Cc1ccc(N2C(/N=C3\N=c4[nH]c5ccccc5c4=N3)=NC23C(=O)Nc2ccccc23)cc1. The second-order valence-corrected chi connectivity index (χ2v) is 8.26. The number of hydrogen-bond acceptors (Lipinski definition) is 4. The number of aryl methyl sites for hydroxylation is 1. The van der Waals surface area contributed by atoms with E-state index in [1.54, 1.807) is 0 Å². The molecule has 7 rings (SSSR count). The van der Waals surface area contributed by atoms with Gasteiger partial charge in [-0.1, -0.05) is 54.1 Å². The molecule has 1 unspecified atom stereocenters. The van der Waals surface area contributed by atoms with Gasteiger partial charge in [-0.15, -0.1) is 0 Å². The molecule has 1 spiro atoms. The summed E-state index contributed by atoms with van der Waals surface area (Å²) in [6.07, 6.45) is 0. The average molecular weight is 431 g/mol. The molecule has 0 radical (unpaired) electrons. The number of fused-ring (bicyclic) bond motifs is 5. The molecular weight excluding hydrogens is 414 g/mol. The van der Waals surface area contributed by atoms with Crippen LogP contribution in [0.3, 0.4) is 0 Å². The van der Waals surface area contributed by atoms with Crippen LogP contribution in [-0.4, -0.2) is 22.8 Å². The molecule has 1 atom stereocenters. The van der Waals surface area contributed by atoms with E-state index in [9.17, 15) is 4.79 Å². The minimum absolute atomic E-state index is 0.204. The van der Waals surface area contributed by atoms with Crippen molar-refractivity contribution in [3.8, 4) is 0 Å². The second-order valence-electron chi connectivity index (χ2n) is 8.26. The highest BCUT2D eigenvalue weighted by Crippen LogP contribution is 2.49. The van der Waals surface area contributed by atoms with Gasteiger partial charge in [-0.05, 0) is 31.2 Å². The van der Waals surface area contributed by atoms with Crippen molar-refractivity contribution in [3.63, 3.8) is 0 Å². The summed E-state index contributed by atoms with van der Waals surface area (Å²) in [4.78, 5) is 36.9. The molecule has 0 aliphatic carbocycles. The molecule has 4 aromatic rings. The molecule has 8 nitrogen and oxygen atoms in total. The first-order valence-corrected chi connectivity index (χ1v) is 10.6. The van der Waals surface area contributed by atoms with Gasteiger partial charge in [0.25, 0.3) is 11.9 Å². The van der Waals surface area contributed by atoms with Gasteiger partial charge in [0, 0.05) is 27.8 Å². The quantitative estimate of drug-likeness (QED) is 0.485. The average Bonchev–Trinajstić information content (AvgIpc) is 3.45. The summed E-state index contributed by atoms with van der Waals surface area (Å²) < 4.78 is 0. The van der Waals surface area contributed by atoms with E-state index in [1.807, 2.05) is 84.6 Å². The highest BCUT2D eigenvalue weighted by atomic mass is 16.2. The lowest BCUT2D eigenvalue weighted by Gasteiger charge is -2.44. The molecule has 1 aromatic heterocycles. The maximum Gasteiger partial charge on any atom is 0.278 e. The Hall–Kier alpha value is -4.59. The van der Waals surface area contributed by atoms with Crippen LogP contribution in [0.25, 0.3) is 10.9 Å². The van der Waals surface area contributed by atoms with Crippen molar-refractivity contribution < 1.29 is 4.79 Å². The molecule has 158 valence electrons. The summed E-state index contributed by atoms with van der Waals surface area (Å²) in [5.74, 6) is 0.492. The van der Waals surface area contributed by atoms with E-state index in [0.29, 0.717) is 17.4 Å². The summed E-state index contributed by atoms with van der Waals surface area (Å²) in [5.41, 5.74) is 3.97. The van der Waals surface area contributed by atoms with Crippen LogP contribution in [0.15, 0.2) is 92.8 Å². The zero-order valence-electron chi connectivity index (χ0n) is 17.6. The Kier molecular flexibility index (Phi) is 3.40. The van der Waals surface area contributed by atoms with Gasteiger partial charge < -0.3 is 10.3 Å². The maximum atomic E-state index is 13.2. The Bertz CT molecular complexity index is 1680. The fourth-order valence-corrected chi connectivity index (χ4v) is 4.65. The van der Waals surface area contributed by atoms with Crippen LogP contribution in [0.2, 0.25) is 0 Å². The van der Waals surface area contributed by atoms with Crippen molar-refractivity contribution in [2.24, 2.45) is 20.0 Å². The molecule has 0 fully saturated rings. The number of nitrogens with one attached hydrogen (secondary N) is 2. The van der Waals surface area contributed by atoms with Gasteiger partial charge >= 0.3 is 0 Å². The van der Waals surface area contributed by atoms with Crippen molar-refractivity contribution in [2.45, 2.75) is 12.6 Å². The van der Waals surface area contributed by atoms with Crippen molar-refractivity contribution in [3.05, 3.63) is 94.8 Å². The lowest BCUT2D eigenvalue weighted by Crippen LogP contribution is -2.60. The number of para-hydroxylation sites is 2. The third-order valence-corrected chi connectivity index (χ3v) is 6.23. The van der Waals surface area contributed by atoms with Crippen LogP contribution in [0, 0.1) is 6.92 Å². The number of anilines is 2. The smallest absolute Gasteiger partial charge is 0.278 e. The number of benzene rings is 3. The Morgan fingerprint density at radius 3 is 2.61 bits per heavy atom. The van der Waals surface area contributed by atoms with Crippen molar-refractivity contribution >= 4 is 40.1 Å². The van der Waals surface area contributed by atoms with E-state index in [-0.39, 0.29) is 5.91 Å². The summed E-state index contributed by atoms with van der Waals surface area (Å²) in [5, 5.41) is 4.72. The number of aromatic amines is 1. The van der Waals surface area contributed by atoms with Crippen LogP contribution < -0.4 is 21.1 Å². The summed E-state index contributed by atoms with van der Waals surface area (Å²) in [7, 11) is 0. The van der Waals surface area contributed by atoms with E-state index in [1.165, 1.54) is 0 Å². The van der Waals surface area contributed by atoms with Crippen molar-refractivity contribution in [1.82, 2.24) is 4.98 Å². The predicted molar refractivity (Wildman–Crippen MR) is 126 cm³/mol. The van der Waals surface area contributed by atoms with Crippen molar-refractivity contribution in [1.29, 1.82) is 0 Å². The third-order valence-electron chi connectivity index (χ3n) is 6.23. The normalized spacial score (nSPS) is 21.4. The number of aliphatic imine (C=N–C) groups is 2. The largest absolute Gasteiger partial charge is 0.338 e. The molecule has 3 aromatic carbocycles. The number of carbonyl (C=O) groups excluding carboxylic acids is 1. The zero-order chi connectivity index (χ0) is 22.2. The number of rotatable bonds is 1. The summed E-state index contributed by atoms with van der Waals surface area (Å²) in [6.45, 7) is 2.02. The highest BCUT2D eigenvalue weighted by Gasteiger charge is 2.59. The Balaban J connectivity index is 1.39. The first kappa shape index (κ1) is 18.0.